The maximum absolute atomic E-state index is 13.6. The van der Waals surface area contributed by atoms with Gasteiger partial charge in [-0.1, -0.05) is 18.9 Å². The summed E-state index contributed by atoms with van der Waals surface area (Å²) < 4.78 is 18.4. The number of amides is 3. The van der Waals surface area contributed by atoms with E-state index in [-0.39, 0.29) is 81.8 Å². The molecule has 1 aliphatic heterocycles. The molecule has 256 valence electrons. The molecule has 1 aliphatic carbocycles. The number of fused-ring (bicyclic) bond motifs is 2. The number of methoxy groups -OCH3 is 1. The van der Waals surface area contributed by atoms with E-state index >= 15 is 0 Å². The molecule has 0 saturated heterocycles. The van der Waals surface area contributed by atoms with Crippen molar-refractivity contribution in [3.05, 3.63) is 40.7 Å². The van der Waals surface area contributed by atoms with Crippen LogP contribution in [0, 0.1) is 25.2 Å². The van der Waals surface area contributed by atoms with Crippen LogP contribution in [0.1, 0.15) is 73.3 Å². The van der Waals surface area contributed by atoms with Gasteiger partial charge in [-0.3, -0.25) is 28.7 Å². The number of carbonyl (C=O) groups excluding carboxylic acids is 5. The first-order chi connectivity index (χ1) is 22.5. The number of carbonyl (C=O) groups is 5. The highest BCUT2D eigenvalue weighted by molar-refractivity contribution is 5.96. The van der Waals surface area contributed by atoms with Crippen LogP contribution < -0.4 is 20.1 Å². The number of ketones is 1. The Labute approximate surface area is 275 Å². The van der Waals surface area contributed by atoms with Gasteiger partial charge in [-0.25, -0.2) is 0 Å². The van der Waals surface area contributed by atoms with Crippen molar-refractivity contribution < 1.29 is 38.2 Å². The predicted molar refractivity (Wildman–Crippen MR) is 172 cm³/mol. The zero-order chi connectivity index (χ0) is 34.1. The van der Waals surface area contributed by atoms with Crippen LogP contribution in [0.4, 0.5) is 0 Å². The first-order valence-electron chi connectivity index (χ1n) is 16.3. The Hall–Kier alpha value is -4.42. The average Bonchev–Trinajstić information content (AvgIpc) is 3.79. The van der Waals surface area contributed by atoms with Gasteiger partial charge in [-0.15, -0.1) is 0 Å². The van der Waals surface area contributed by atoms with Gasteiger partial charge < -0.3 is 29.7 Å². The largest absolute Gasteiger partial charge is 0.493 e. The number of aromatic nitrogens is 2. The fourth-order valence-electron chi connectivity index (χ4n) is 6.19. The molecule has 2 aromatic rings. The molecule has 0 radical (unpaired) electrons. The van der Waals surface area contributed by atoms with Crippen molar-refractivity contribution in [1.82, 2.24) is 25.3 Å². The lowest BCUT2D eigenvalue weighted by molar-refractivity contribution is -0.156. The Morgan fingerprint density at radius 1 is 1.11 bits per heavy atom. The first-order valence-corrected chi connectivity index (χ1v) is 16.3. The smallest absolute Gasteiger partial charge is 0.314 e. The van der Waals surface area contributed by atoms with Crippen molar-refractivity contribution in [3.8, 4) is 11.5 Å². The predicted octanol–water partition coefficient (Wildman–Crippen LogP) is 2.54. The van der Waals surface area contributed by atoms with E-state index in [0.717, 1.165) is 18.4 Å². The third-order valence-electron chi connectivity index (χ3n) is 8.75. The lowest BCUT2D eigenvalue weighted by Crippen LogP contribution is -2.46. The molecule has 2 aliphatic rings. The number of rotatable bonds is 8. The number of esters is 1. The maximum atomic E-state index is 13.6. The number of nitrogens with zero attached hydrogens (tertiary/aromatic N) is 3. The number of aryl methyl sites for hydroxylation is 1. The van der Waals surface area contributed by atoms with Crippen molar-refractivity contribution in [2.75, 3.05) is 46.5 Å². The molecule has 13 nitrogen and oxygen atoms in total. The molecule has 47 heavy (non-hydrogen) atoms. The van der Waals surface area contributed by atoms with Gasteiger partial charge in [0.2, 0.25) is 11.8 Å². The molecule has 1 fully saturated rings. The molecule has 2 heterocycles. The molecule has 1 saturated carbocycles. The fraction of sp³-hybridized carbons (Fsp3) is 0.588. The van der Waals surface area contributed by atoms with Crippen molar-refractivity contribution in [2.24, 2.45) is 11.3 Å². The zero-order valence-corrected chi connectivity index (χ0v) is 28.1. The van der Waals surface area contributed by atoms with Crippen LogP contribution in [0.2, 0.25) is 0 Å². The highest BCUT2D eigenvalue weighted by Crippen LogP contribution is 2.43. The molecule has 0 spiro atoms. The van der Waals surface area contributed by atoms with Crippen LogP contribution in [-0.2, 0) is 36.9 Å². The van der Waals surface area contributed by atoms with Crippen LogP contribution in [-0.4, -0.2) is 90.7 Å². The Kier molecular flexibility index (Phi) is 12.0. The topological polar surface area (TPSA) is 158 Å². The van der Waals surface area contributed by atoms with Crippen molar-refractivity contribution in [3.63, 3.8) is 0 Å². The van der Waals surface area contributed by atoms with E-state index in [4.69, 9.17) is 14.2 Å². The second-order valence-corrected chi connectivity index (χ2v) is 12.5. The number of ether oxygens (including phenoxy) is 3. The zero-order valence-electron chi connectivity index (χ0n) is 28.1. The summed E-state index contributed by atoms with van der Waals surface area (Å²) in [6.45, 7) is 7.24. The van der Waals surface area contributed by atoms with E-state index in [9.17, 15) is 24.0 Å². The summed E-state index contributed by atoms with van der Waals surface area (Å²) in [5, 5.41) is 10.2. The fourth-order valence-corrected chi connectivity index (χ4v) is 6.19. The summed E-state index contributed by atoms with van der Waals surface area (Å²) in [5.41, 5.74) is 1.43. The highest BCUT2D eigenvalue weighted by Gasteiger charge is 2.45. The van der Waals surface area contributed by atoms with Crippen molar-refractivity contribution in [2.45, 2.75) is 72.8 Å². The van der Waals surface area contributed by atoms with Crippen LogP contribution in [0.3, 0.4) is 0 Å². The standard InChI is InChI=1S/C34H47N5O8/c1-6-46-33(44)34(17-25-9-10-25)18-26-11-12-27(45-5)28(16-26)47-20-30(42)35-13-15-38(14-7-8-29(41)36-21-34)31(43)19-39-23(3)32(24(4)40)22(2)37-39/h11-12,16,25H,6-10,13-15,17-21H2,1-5H3,(H,35,42)(H,36,41). The lowest BCUT2D eigenvalue weighted by Gasteiger charge is -2.32. The van der Waals surface area contributed by atoms with E-state index in [1.807, 2.05) is 6.07 Å². The van der Waals surface area contributed by atoms with E-state index in [0.29, 0.717) is 53.6 Å². The van der Waals surface area contributed by atoms with Gasteiger partial charge in [-0.05, 0) is 70.6 Å². The van der Waals surface area contributed by atoms with Crippen molar-refractivity contribution >= 4 is 29.5 Å². The molecule has 1 atom stereocenters. The van der Waals surface area contributed by atoms with E-state index in [1.165, 1.54) is 18.7 Å². The molecular weight excluding hydrogens is 606 g/mol. The van der Waals surface area contributed by atoms with Crippen LogP contribution in [0.25, 0.3) is 0 Å². The van der Waals surface area contributed by atoms with Crippen LogP contribution >= 0.6 is 0 Å². The maximum Gasteiger partial charge on any atom is 0.314 e. The second kappa shape index (κ2) is 15.9. The molecule has 3 amide bonds. The van der Waals surface area contributed by atoms with Gasteiger partial charge in [0.1, 0.15) is 6.54 Å². The van der Waals surface area contributed by atoms with E-state index < -0.39 is 5.41 Å². The third kappa shape index (κ3) is 9.32. The highest BCUT2D eigenvalue weighted by atomic mass is 16.5. The van der Waals surface area contributed by atoms with Crippen LogP contribution in [0.5, 0.6) is 11.5 Å². The summed E-state index contributed by atoms with van der Waals surface area (Å²) in [4.78, 5) is 66.6. The molecule has 1 aromatic heterocycles. The van der Waals surface area contributed by atoms with Gasteiger partial charge in [0, 0.05) is 38.3 Å². The normalized spacial score (nSPS) is 19.8. The number of hydrogen-bond donors (Lipinski definition) is 2. The minimum Gasteiger partial charge on any atom is -0.493 e. The third-order valence-corrected chi connectivity index (χ3v) is 8.75. The number of hydrogen-bond acceptors (Lipinski definition) is 9. The lowest BCUT2D eigenvalue weighted by atomic mass is 9.76. The minimum absolute atomic E-state index is 0.0947. The Morgan fingerprint density at radius 3 is 2.53 bits per heavy atom. The number of nitrogens with one attached hydrogen (secondary N) is 2. The molecule has 13 heteroatoms. The van der Waals surface area contributed by atoms with Gasteiger partial charge in [0.15, 0.2) is 23.9 Å². The summed E-state index contributed by atoms with van der Waals surface area (Å²) >= 11 is 0. The van der Waals surface area contributed by atoms with Gasteiger partial charge in [-0.2, -0.15) is 5.10 Å². The Balaban J connectivity index is 1.57. The van der Waals surface area contributed by atoms with E-state index in [2.05, 4.69) is 15.7 Å². The minimum atomic E-state index is -0.998. The molecule has 2 bridgehead atoms. The molecule has 1 unspecified atom stereocenters. The summed E-state index contributed by atoms with van der Waals surface area (Å²) in [6.07, 6.45) is 3.39. The average molecular weight is 654 g/mol. The molecule has 4 rings (SSSR count). The van der Waals surface area contributed by atoms with Crippen molar-refractivity contribution in [1.29, 1.82) is 0 Å². The summed E-state index contributed by atoms with van der Waals surface area (Å²) in [5.74, 6) is -0.237. The van der Waals surface area contributed by atoms with Crippen LogP contribution in [0.15, 0.2) is 18.2 Å². The van der Waals surface area contributed by atoms with Gasteiger partial charge in [0.25, 0.3) is 5.91 Å². The Bertz CT molecular complexity index is 1480. The number of Topliss-reactive ketones (excluding diaryl/α,β-unsaturated/α-hetero) is 1. The summed E-state index contributed by atoms with van der Waals surface area (Å²) in [7, 11) is 1.50. The molecular formula is C34H47N5O8. The molecule has 1 aromatic carbocycles. The first kappa shape index (κ1) is 35.4. The SMILES string of the molecule is CCOC(=O)C1(CC2CC2)CNC(=O)CCCN(C(=O)Cn2nc(C)c(C(C)=O)c2C)CCNC(=O)COc2cc(ccc2OC)C1. The van der Waals surface area contributed by atoms with E-state index in [1.54, 1.807) is 37.8 Å². The number of benzene rings is 1. The van der Waals surface area contributed by atoms with Gasteiger partial charge in [0.05, 0.1) is 30.4 Å². The summed E-state index contributed by atoms with van der Waals surface area (Å²) in [6, 6.07) is 5.35. The monoisotopic (exact) mass is 653 g/mol. The Morgan fingerprint density at radius 2 is 1.87 bits per heavy atom. The quantitative estimate of drug-likeness (QED) is 0.323. The second-order valence-electron chi connectivity index (χ2n) is 12.5. The van der Waals surface area contributed by atoms with Gasteiger partial charge >= 0.3 is 5.97 Å². The molecule has 2 N–H and O–H groups in total.